The second kappa shape index (κ2) is 15.2. The van der Waals surface area contributed by atoms with Gasteiger partial charge in [0.05, 0.1) is 7.11 Å². The highest BCUT2D eigenvalue weighted by molar-refractivity contribution is 5.97. The number of carbonyl (C=O) groups is 6. The van der Waals surface area contributed by atoms with Crippen molar-refractivity contribution >= 4 is 35.6 Å². The van der Waals surface area contributed by atoms with E-state index in [-0.39, 0.29) is 11.8 Å². The van der Waals surface area contributed by atoms with Crippen LogP contribution in [0.4, 0.5) is 0 Å². The number of nitrogens with one attached hydrogen (secondary N) is 4. The fourth-order valence-electron chi connectivity index (χ4n) is 2.93. The molecule has 0 aliphatic carbocycles. The van der Waals surface area contributed by atoms with Gasteiger partial charge in [-0.1, -0.05) is 0 Å². The zero-order valence-electron chi connectivity index (χ0n) is 18.4. The van der Waals surface area contributed by atoms with Gasteiger partial charge in [-0.05, 0) is 38.5 Å². The highest BCUT2D eigenvalue weighted by Gasteiger charge is 2.32. The third-order valence-corrected chi connectivity index (χ3v) is 4.65. The Kier molecular flexibility index (Phi) is 12.6. The number of ether oxygens (including phenoxy) is 1. The molecule has 1 heterocycles. The van der Waals surface area contributed by atoms with Crippen LogP contribution in [-0.2, 0) is 33.5 Å². The molecule has 0 aromatic rings. The van der Waals surface area contributed by atoms with Crippen molar-refractivity contribution in [3.8, 4) is 0 Å². The lowest BCUT2D eigenvalue weighted by molar-refractivity contribution is -0.137. The summed E-state index contributed by atoms with van der Waals surface area (Å²) in [6.07, 6.45) is 6.93. The van der Waals surface area contributed by atoms with E-state index in [2.05, 4.69) is 26.0 Å². The Bertz CT molecular complexity index is 793. The van der Waals surface area contributed by atoms with Gasteiger partial charge >= 0.3 is 11.9 Å². The van der Waals surface area contributed by atoms with Crippen molar-refractivity contribution in [3.63, 3.8) is 0 Å². The smallest absolute Gasteiger partial charge is 0.330 e. The van der Waals surface area contributed by atoms with E-state index < -0.39 is 35.8 Å². The zero-order valence-corrected chi connectivity index (χ0v) is 18.4. The topological polar surface area (TPSA) is 180 Å². The Hall–Kier alpha value is -3.70. The van der Waals surface area contributed by atoms with Crippen LogP contribution in [0, 0.1) is 0 Å². The Morgan fingerprint density at radius 1 is 0.818 bits per heavy atom. The van der Waals surface area contributed by atoms with E-state index >= 15 is 0 Å². The third kappa shape index (κ3) is 12.1. The minimum atomic E-state index is -1.21. The van der Waals surface area contributed by atoms with Crippen molar-refractivity contribution in [2.75, 3.05) is 20.2 Å². The largest absolute Gasteiger partial charge is 0.478 e. The molecule has 1 aliphatic heterocycles. The van der Waals surface area contributed by atoms with Crippen molar-refractivity contribution in [3.05, 3.63) is 24.3 Å². The average Bonchev–Trinajstić information content (AvgIpc) is 2.78. The molecule has 5 N–H and O–H groups in total. The van der Waals surface area contributed by atoms with Gasteiger partial charge in [0.2, 0.25) is 23.6 Å². The first-order valence-electron chi connectivity index (χ1n) is 10.6. The fourth-order valence-corrected chi connectivity index (χ4v) is 2.93. The van der Waals surface area contributed by atoms with E-state index in [4.69, 9.17) is 5.11 Å². The van der Waals surface area contributed by atoms with Gasteiger partial charge in [-0.25, -0.2) is 9.59 Å². The molecule has 1 fully saturated rings. The second-order valence-corrected chi connectivity index (χ2v) is 7.22. The monoisotopic (exact) mass is 466 g/mol. The third-order valence-electron chi connectivity index (χ3n) is 4.65. The zero-order chi connectivity index (χ0) is 24.6. The molecular formula is C21H30N4O8. The van der Waals surface area contributed by atoms with Gasteiger partial charge in [0.1, 0.15) is 12.1 Å². The second-order valence-electron chi connectivity index (χ2n) is 7.22. The van der Waals surface area contributed by atoms with Crippen molar-refractivity contribution in [2.24, 2.45) is 0 Å². The molecule has 2 atom stereocenters. The molecule has 182 valence electrons. The van der Waals surface area contributed by atoms with Gasteiger partial charge in [-0.3, -0.25) is 19.2 Å². The van der Waals surface area contributed by atoms with Crippen LogP contribution in [0.2, 0.25) is 0 Å². The van der Waals surface area contributed by atoms with Gasteiger partial charge in [-0.15, -0.1) is 0 Å². The van der Waals surface area contributed by atoms with Crippen LogP contribution >= 0.6 is 0 Å². The van der Waals surface area contributed by atoms with Crippen LogP contribution in [0.1, 0.15) is 38.5 Å². The molecule has 1 saturated heterocycles. The normalized spacial score (nSPS) is 18.0. The first-order valence-corrected chi connectivity index (χ1v) is 10.6. The van der Waals surface area contributed by atoms with E-state index in [1.54, 1.807) is 0 Å². The number of aliphatic carboxylic acids is 1. The molecule has 1 rings (SSSR count). The summed E-state index contributed by atoms with van der Waals surface area (Å²) < 4.78 is 4.38. The molecule has 0 bridgehead atoms. The number of hydrogen-bond donors (Lipinski definition) is 5. The number of piperazine rings is 1. The van der Waals surface area contributed by atoms with Crippen molar-refractivity contribution in [1.82, 2.24) is 21.3 Å². The van der Waals surface area contributed by atoms with Crippen molar-refractivity contribution in [1.29, 1.82) is 0 Å². The quantitative estimate of drug-likeness (QED) is 0.122. The highest BCUT2D eigenvalue weighted by atomic mass is 16.5. The van der Waals surface area contributed by atoms with Gasteiger partial charge in [0.15, 0.2) is 0 Å². The average molecular weight is 466 g/mol. The highest BCUT2D eigenvalue weighted by Crippen LogP contribution is 2.10. The van der Waals surface area contributed by atoms with E-state index in [0.29, 0.717) is 51.6 Å². The van der Waals surface area contributed by atoms with E-state index in [9.17, 15) is 28.8 Å². The van der Waals surface area contributed by atoms with Crippen LogP contribution in [0.25, 0.3) is 0 Å². The molecule has 1 aliphatic rings. The SMILES string of the molecule is COC(=O)/C=C/C(=O)NCCCCC1NC(=O)C(CCCCNC(=O)/C=C/C(=O)O)NC1=O. The molecular weight excluding hydrogens is 436 g/mol. The molecule has 33 heavy (non-hydrogen) atoms. The number of carboxylic acids is 1. The number of methoxy groups -OCH3 is 1. The molecule has 0 saturated carbocycles. The number of rotatable bonds is 14. The van der Waals surface area contributed by atoms with Crippen LogP contribution in [0.15, 0.2) is 24.3 Å². The Morgan fingerprint density at radius 3 is 1.70 bits per heavy atom. The summed E-state index contributed by atoms with van der Waals surface area (Å²) in [5, 5.41) is 19.0. The lowest BCUT2D eigenvalue weighted by Crippen LogP contribution is -2.61. The summed E-state index contributed by atoms with van der Waals surface area (Å²) in [5.74, 6) is -3.31. The summed E-state index contributed by atoms with van der Waals surface area (Å²) in [7, 11) is 1.21. The van der Waals surface area contributed by atoms with Crippen molar-refractivity contribution in [2.45, 2.75) is 50.6 Å². The fraction of sp³-hybridized carbons (Fsp3) is 0.524. The molecule has 4 amide bonds. The predicted molar refractivity (Wildman–Crippen MR) is 116 cm³/mol. The molecule has 0 spiro atoms. The predicted octanol–water partition coefficient (Wildman–Crippen LogP) is -1.09. The van der Waals surface area contributed by atoms with Crippen LogP contribution < -0.4 is 21.3 Å². The summed E-state index contributed by atoms with van der Waals surface area (Å²) in [6, 6.07) is -1.28. The summed E-state index contributed by atoms with van der Waals surface area (Å²) in [6.45, 7) is 0.681. The number of unbranched alkanes of at least 4 members (excludes halogenated alkanes) is 2. The first-order chi connectivity index (χ1) is 15.7. The molecule has 12 heteroatoms. The maximum Gasteiger partial charge on any atom is 0.330 e. The number of amides is 4. The standard InChI is InChI=1S/C21H30N4O8/c1-33-19(30)11-9-17(27)23-13-5-3-7-15-21(32)24-14(20(31)25-15)6-2-4-12-22-16(26)8-10-18(28)29/h8-11,14-15H,2-7,12-13H2,1H3,(H,22,26)(H,23,27)(H,24,32)(H,25,31)(H,28,29)/b10-8+,11-9+. The van der Waals surface area contributed by atoms with Gasteiger partial charge in [0, 0.05) is 37.4 Å². The maximum atomic E-state index is 12.2. The van der Waals surface area contributed by atoms with Gasteiger partial charge < -0.3 is 31.1 Å². The van der Waals surface area contributed by atoms with Gasteiger partial charge in [-0.2, -0.15) is 0 Å². The molecule has 0 aromatic heterocycles. The van der Waals surface area contributed by atoms with Crippen molar-refractivity contribution < 1.29 is 38.6 Å². The summed E-state index contributed by atoms with van der Waals surface area (Å²) in [4.78, 5) is 68.6. The Morgan fingerprint density at radius 2 is 1.27 bits per heavy atom. The molecule has 2 unspecified atom stereocenters. The minimum absolute atomic E-state index is 0.267. The van der Waals surface area contributed by atoms with Crippen LogP contribution in [0.3, 0.4) is 0 Å². The van der Waals surface area contributed by atoms with E-state index in [1.165, 1.54) is 7.11 Å². The van der Waals surface area contributed by atoms with Crippen LogP contribution in [0.5, 0.6) is 0 Å². The molecule has 12 nitrogen and oxygen atoms in total. The maximum absolute atomic E-state index is 12.2. The summed E-state index contributed by atoms with van der Waals surface area (Å²) in [5.41, 5.74) is 0. The van der Waals surface area contributed by atoms with Gasteiger partial charge in [0.25, 0.3) is 0 Å². The molecule has 0 radical (unpaired) electrons. The Balaban J connectivity index is 2.19. The number of hydrogen-bond acceptors (Lipinski definition) is 7. The van der Waals surface area contributed by atoms with E-state index in [1.807, 2.05) is 0 Å². The van der Waals surface area contributed by atoms with E-state index in [0.717, 1.165) is 24.3 Å². The number of carbonyl (C=O) groups excluding carboxylic acids is 5. The van der Waals surface area contributed by atoms with Crippen LogP contribution in [-0.4, -0.2) is 73.0 Å². The lowest BCUT2D eigenvalue weighted by Gasteiger charge is -2.29. The lowest BCUT2D eigenvalue weighted by atomic mass is 10.0. The minimum Gasteiger partial charge on any atom is -0.478 e. The number of carboxylic acid groups (broad SMARTS) is 1. The first kappa shape index (κ1) is 27.3. The Labute approximate surface area is 191 Å². The molecule has 0 aromatic carbocycles. The summed E-state index contributed by atoms with van der Waals surface area (Å²) >= 11 is 0. The number of esters is 1.